The number of hydrogen-bond acceptors (Lipinski definition) is 2. The summed E-state index contributed by atoms with van der Waals surface area (Å²) in [4.78, 5) is 20.7. The van der Waals surface area contributed by atoms with Crippen molar-refractivity contribution in [1.29, 1.82) is 0 Å². The van der Waals surface area contributed by atoms with Crippen LogP contribution in [-0.4, -0.2) is 18.2 Å². The first kappa shape index (κ1) is 19.5. The van der Waals surface area contributed by atoms with Crippen molar-refractivity contribution in [1.82, 2.24) is 5.32 Å². The van der Waals surface area contributed by atoms with Crippen molar-refractivity contribution >= 4 is 11.7 Å². The third-order valence-corrected chi connectivity index (χ3v) is 1.08. The topological polar surface area (TPSA) is 46.2 Å². The van der Waals surface area contributed by atoms with Crippen LogP contribution in [0.1, 0.15) is 47.5 Å². The summed E-state index contributed by atoms with van der Waals surface area (Å²) in [5.41, 5.74) is 0. The van der Waals surface area contributed by atoms with Crippen molar-refractivity contribution < 1.29 is 9.59 Å². The Kier molecular flexibility index (Phi) is 24.1. The van der Waals surface area contributed by atoms with Gasteiger partial charge >= 0.3 is 0 Å². The molecule has 0 unspecified atom stereocenters. The molecule has 0 heterocycles. The molecule has 3 nitrogen and oxygen atoms in total. The zero-order valence-electron chi connectivity index (χ0n) is 10.7. The quantitative estimate of drug-likeness (QED) is 0.579. The van der Waals surface area contributed by atoms with Crippen molar-refractivity contribution in [3.05, 3.63) is 12.7 Å². The molecule has 1 N–H and O–H groups in total. The highest BCUT2D eigenvalue weighted by molar-refractivity contribution is 5.75. The van der Waals surface area contributed by atoms with Gasteiger partial charge in [-0.2, -0.15) is 0 Å². The van der Waals surface area contributed by atoms with Gasteiger partial charge < -0.3 is 10.1 Å². The van der Waals surface area contributed by atoms with E-state index in [9.17, 15) is 9.59 Å². The molecule has 0 saturated carbocycles. The van der Waals surface area contributed by atoms with Gasteiger partial charge in [0.1, 0.15) is 5.78 Å². The molecule has 0 aliphatic heterocycles. The maximum absolute atomic E-state index is 10.4. The summed E-state index contributed by atoms with van der Waals surface area (Å²) in [5, 5.41) is 2.61. The van der Waals surface area contributed by atoms with E-state index in [4.69, 9.17) is 0 Å². The predicted molar refractivity (Wildman–Crippen MR) is 65.8 cm³/mol. The number of carbonyl (C=O) groups is 2. The second-order valence-electron chi connectivity index (χ2n) is 2.70. The van der Waals surface area contributed by atoms with Crippen LogP contribution in [0.15, 0.2) is 12.7 Å². The normalized spacial score (nSPS) is 7.27. The smallest absolute Gasteiger partial charge is 0.216 e. The average molecular weight is 215 g/mol. The molecule has 0 aromatic heterocycles. The molecule has 0 rings (SSSR count). The number of rotatable bonds is 4. The maximum atomic E-state index is 10.4. The molecule has 0 fully saturated rings. The van der Waals surface area contributed by atoms with Gasteiger partial charge in [0.25, 0.3) is 0 Å². The molecule has 0 aliphatic carbocycles. The van der Waals surface area contributed by atoms with Crippen molar-refractivity contribution in [2.45, 2.75) is 47.5 Å². The Bertz CT molecular complexity index is 149. The fraction of sp³-hybridized carbons (Fsp3) is 0.667. The monoisotopic (exact) mass is 215 g/mol. The highest BCUT2D eigenvalue weighted by Gasteiger charge is 1.93. The standard InChI is InChI=1S/C7H13NO2.C3H6.C2H6/c1-6(9)4-3-5-8-7(2)10;1-3-2;1-2/h3-5H2,1-2H3,(H,8,10);3H,1H2,2H3;1-2H3. The molecule has 3 heteroatoms. The minimum atomic E-state index is -0.0384. The molecule has 0 aliphatic rings. The SMILES string of the molecule is C=CC.CC.CC(=O)CCCNC(C)=O. The Hall–Kier alpha value is -1.12. The first-order chi connectivity index (χ1) is 7.04. The van der Waals surface area contributed by atoms with Crippen LogP contribution in [0, 0.1) is 0 Å². The van der Waals surface area contributed by atoms with Crippen LogP contribution in [0.25, 0.3) is 0 Å². The number of hydrogen-bond donors (Lipinski definition) is 1. The minimum Gasteiger partial charge on any atom is -0.356 e. The second kappa shape index (κ2) is 18.6. The molecular weight excluding hydrogens is 190 g/mol. The predicted octanol–water partition coefficient (Wildman–Crippen LogP) is 2.71. The van der Waals surface area contributed by atoms with Crippen molar-refractivity contribution in [2.75, 3.05) is 6.54 Å². The van der Waals surface area contributed by atoms with Crippen LogP contribution < -0.4 is 5.32 Å². The molecule has 0 saturated heterocycles. The zero-order chi connectivity index (χ0) is 12.7. The summed E-state index contributed by atoms with van der Waals surface area (Å²) in [7, 11) is 0. The number of carbonyl (C=O) groups excluding carboxylic acids is 2. The summed E-state index contributed by atoms with van der Waals surface area (Å²) in [6.45, 7) is 12.9. The Morgan fingerprint density at radius 2 is 1.67 bits per heavy atom. The highest BCUT2D eigenvalue weighted by atomic mass is 16.1. The number of ketones is 1. The van der Waals surface area contributed by atoms with Gasteiger partial charge in [-0.3, -0.25) is 4.79 Å². The first-order valence-electron chi connectivity index (χ1n) is 5.35. The molecule has 0 radical (unpaired) electrons. The molecule has 1 amide bonds. The lowest BCUT2D eigenvalue weighted by Gasteiger charge is -1.98. The third kappa shape index (κ3) is 44.1. The molecule has 15 heavy (non-hydrogen) atoms. The third-order valence-electron chi connectivity index (χ3n) is 1.08. The van der Waals surface area contributed by atoms with E-state index in [-0.39, 0.29) is 11.7 Å². The molecule has 90 valence electrons. The summed E-state index contributed by atoms with van der Waals surface area (Å²) in [6.07, 6.45) is 3.05. The summed E-state index contributed by atoms with van der Waals surface area (Å²) in [6, 6.07) is 0. The summed E-state index contributed by atoms with van der Waals surface area (Å²) >= 11 is 0. The van der Waals surface area contributed by atoms with E-state index >= 15 is 0 Å². The summed E-state index contributed by atoms with van der Waals surface area (Å²) in [5.74, 6) is 0.133. The van der Waals surface area contributed by atoms with Gasteiger partial charge in [-0.25, -0.2) is 0 Å². The van der Waals surface area contributed by atoms with Crippen LogP contribution >= 0.6 is 0 Å². The van der Waals surface area contributed by atoms with Crippen LogP contribution in [0.2, 0.25) is 0 Å². The van der Waals surface area contributed by atoms with Crippen molar-refractivity contribution in [3.63, 3.8) is 0 Å². The van der Waals surface area contributed by atoms with E-state index < -0.39 is 0 Å². The van der Waals surface area contributed by atoms with Crippen LogP contribution in [0.3, 0.4) is 0 Å². The largest absolute Gasteiger partial charge is 0.356 e. The van der Waals surface area contributed by atoms with Gasteiger partial charge in [-0.05, 0) is 20.3 Å². The lowest BCUT2D eigenvalue weighted by Crippen LogP contribution is -2.21. The van der Waals surface area contributed by atoms with Gasteiger partial charge in [-0.15, -0.1) is 6.58 Å². The Balaban J connectivity index is -0.000000245. The van der Waals surface area contributed by atoms with Crippen molar-refractivity contribution in [2.24, 2.45) is 0 Å². The maximum Gasteiger partial charge on any atom is 0.216 e. The van der Waals surface area contributed by atoms with Gasteiger partial charge in [0.05, 0.1) is 0 Å². The fourth-order valence-corrected chi connectivity index (χ4v) is 0.602. The zero-order valence-corrected chi connectivity index (χ0v) is 10.7. The molecular formula is C12H25NO2. The Morgan fingerprint density at radius 1 is 1.27 bits per heavy atom. The van der Waals surface area contributed by atoms with Crippen LogP contribution in [0.5, 0.6) is 0 Å². The van der Waals surface area contributed by atoms with E-state index in [1.165, 1.54) is 6.92 Å². The molecule has 0 atom stereocenters. The summed E-state index contributed by atoms with van der Waals surface area (Å²) < 4.78 is 0. The van der Waals surface area contributed by atoms with Crippen LogP contribution in [-0.2, 0) is 9.59 Å². The van der Waals surface area contributed by atoms with E-state index in [0.717, 1.165) is 6.42 Å². The average Bonchev–Trinajstić information content (AvgIpc) is 2.16. The Labute approximate surface area is 93.9 Å². The lowest BCUT2D eigenvalue weighted by molar-refractivity contribution is -0.120. The molecule has 0 spiro atoms. The second-order valence-corrected chi connectivity index (χ2v) is 2.70. The number of nitrogens with one attached hydrogen (secondary N) is 1. The number of Topliss-reactive ketones (excluding diaryl/α,β-unsaturated/α-hetero) is 1. The van der Waals surface area contributed by atoms with E-state index in [1.54, 1.807) is 13.0 Å². The fourth-order valence-electron chi connectivity index (χ4n) is 0.602. The molecule has 0 aromatic rings. The Morgan fingerprint density at radius 3 is 1.93 bits per heavy atom. The van der Waals surface area contributed by atoms with Gasteiger partial charge in [0.15, 0.2) is 0 Å². The lowest BCUT2D eigenvalue weighted by atomic mass is 10.2. The van der Waals surface area contributed by atoms with Gasteiger partial charge in [0.2, 0.25) is 5.91 Å². The molecule has 0 aromatic carbocycles. The first-order valence-corrected chi connectivity index (χ1v) is 5.35. The van der Waals surface area contributed by atoms with Crippen LogP contribution in [0.4, 0.5) is 0 Å². The van der Waals surface area contributed by atoms with E-state index in [1.807, 2.05) is 20.8 Å². The number of allylic oxidation sites excluding steroid dienone is 1. The van der Waals surface area contributed by atoms with E-state index in [2.05, 4.69) is 11.9 Å². The number of amides is 1. The highest BCUT2D eigenvalue weighted by Crippen LogP contribution is 1.86. The minimum absolute atomic E-state index is 0.0384. The van der Waals surface area contributed by atoms with Gasteiger partial charge in [0, 0.05) is 19.9 Å². The van der Waals surface area contributed by atoms with Crippen molar-refractivity contribution in [3.8, 4) is 0 Å². The van der Waals surface area contributed by atoms with Gasteiger partial charge in [-0.1, -0.05) is 19.9 Å². The molecule has 0 bridgehead atoms. The van der Waals surface area contributed by atoms with E-state index in [0.29, 0.717) is 13.0 Å².